The summed E-state index contributed by atoms with van der Waals surface area (Å²) in [6.45, 7) is 2.52. The second kappa shape index (κ2) is 3.41. The van der Waals surface area contributed by atoms with Gasteiger partial charge in [0.2, 0.25) is 0 Å². The molecule has 0 radical (unpaired) electrons. The van der Waals surface area contributed by atoms with Crippen LogP contribution in [0.5, 0.6) is 0 Å². The molecule has 1 aliphatic heterocycles. The van der Waals surface area contributed by atoms with E-state index in [9.17, 15) is 4.79 Å². The van der Waals surface area contributed by atoms with E-state index in [1.165, 1.54) is 7.11 Å². The molecule has 1 heterocycles. The molecule has 1 fully saturated rings. The van der Waals surface area contributed by atoms with E-state index in [1.54, 1.807) is 0 Å². The fourth-order valence-corrected chi connectivity index (χ4v) is 1.37. The van der Waals surface area contributed by atoms with Crippen molar-refractivity contribution in [1.29, 1.82) is 0 Å². The molecular formula is C8H15NO3. The van der Waals surface area contributed by atoms with Crippen molar-refractivity contribution < 1.29 is 14.3 Å². The van der Waals surface area contributed by atoms with Crippen molar-refractivity contribution in [2.45, 2.75) is 31.4 Å². The molecule has 0 spiro atoms. The average molecular weight is 173 g/mol. The summed E-state index contributed by atoms with van der Waals surface area (Å²) in [4.78, 5) is 11.0. The monoisotopic (exact) mass is 173 g/mol. The number of carbonyl (C=O) groups is 1. The van der Waals surface area contributed by atoms with Crippen molar-refractivity contribution >= 4 is 5.97 Å². The number of hydrogen-bond acceptors (Lipinski definition) is 4. The summed E-state index contributed by atoms with van der Waals surface area (Å²) in [6.07, 6.45) is 0.908. The number of carbonyl (C=O) groups excluding carboxylic acids is 1. The molecule has 4 nitrogen and oxygen atoms in total. The Kier molecular flexibility index (Phi) is 2.69. The lowest BCUT2D eigenvalue weighted by Crippen LogP contribution is -2.47. The van der Waals surface area contributed by atoms with Crippen molar-refractivity contribution in [3.05, 3.63) is 0 Å². The SMILES string of the molecule is COC(=O)CC1(N)CCOC1C. The van der Waals surface area contributed by atoms with Crippen LogP contribution in [0.3, 0.4) is 0 Å². The molecule has 0 aromatic rings. The summed E-state index contributed by atoms with van der Waals surface area (Å²) in [7, 11) is 1.37. The van der Waals surface area contributed by atoms with Crippen LogP contribution in [0.2, 0.25) is 0 Å². The van der Waals surface area contributed by atoms with Crippen LogP contribution in [0.25, 0.3) is 0 Å². The molecule has 12 heavy (non-hydrogen) atoms. The van der Waals surface area contributed by atoms with Gasteiger partial charge in [-0.15, -0.1) is 0 Å². The van der Waals surface area contributed by atoms with Crippen LogP contribution in [0, 0.1) is 0 Å². The third-order valence-corrected chi connectivity index (χ3v) is 2.45. The van der Waals surface area contributed by atoms with E-state index in [0.717, 1.165) is 6.42 Å². The quantitative estimate of drug-likeness (QED) is 0.600. The summed E-state index contributed by atoms with van der Waals surface area (Å²) < 4.78 is 9.83. The van der Waals surface area contributed by atoms with Crippen molar-refractivity contribution in [3.63, 3.8) is 0 Å². The zero-order valence-electron chi connectivity index (χ0n) is 7.50. The molecular weight excluding hydrogens is 158 g/mol. The predicted octanol–water partition coefficient (Wildman–Crippen LogP) is 0.0558. The summed E-state index contributed by atoms with van der Waals surface area (Å²) in [5.41, 5.74) is 5.43. The predicted molar refractivity (Wildman–Crippen MR) is 43.6 cm³/mol. The molecule has 0 amide bonds. The third kappa shape index (κ3) is 1.76. The van der Waals surface area contributed by atoms with E-state index in [4.69, 9.17) is 10.5 Å². The molecule has 4 heteroatoms. The Balaban J connectivity index is 2.53. The van der Waals surface area contributed by atoms with Crippen LogP contribution in [0.1, 0.15) is 19.8 Å². The van der Waals surface area contributed by atoms with Gasteiger partial charge in [0.15, 0.2) is 0 Å². The van der Waals surface area contributed by atoms with Gasteiger partial charge in [0.1, 0.15) is 0 Å². The smallest absolute Gasteiger partial charge is 0.307 e. The van der Waals surface area contributed by atoms with Crippen molar-refractivity contribution in [3.8, 4) is 0 Å². The second-order valence-electron chi connectivity index (χ2n) is 3.25. The van der Waals surface area contributed by atoms with E-state index < -0.39 is 5.54 Å². The number of nitrogens with two attached hydrogens (primary N) is 1. The molecule has 1 aliphatic rings. The number of hydrogen-bond donors (Lipinski definition) is 1. The highest BCUT2D eigenvalue weighted by molar-refractivity contribution is 5.70. The van der Waals surface area contributed by atoms with Gasteiger partial charge in [0.25, 0.3) is 0 Å². The first-order chi connectivity index (χ1) is 5.58. The standard InChI is InChI=1S/C8H15NO3/c1-6-8(9,3-4-12-6)5-7(10)11-2/h6H,3-5,9H2,1-2H3. The highest BCUT2D eigenvalue weighted by Crippen LogP contribution is 2.26. The fraction of sp³-hybridized carbons (Fsp3) is 0.875. The lowest BCUT2D eigenvalue weighted by atomic mass is 9.90. The van der Waals surface area contributed by atoms with Gasteiger partial charge in [-0.05, 0) is 13.3 Å². The Morgan fingerprint density at radius 3 is 2.92 bits per heavy atom. The molecule has 2 unspecified atom stereocenters. The Labute approximate surface area is 72.0 Å². The minimum atomic E-state index is -0.521. The number of ether oxygens (including phenoxy) is 2. The molecule has 2 atom stereocenters. The first kappa shape index (κ1) is 9.48. The zero-order chi connectivity index (χ0) is 9.19. The first-order valence-corrected chi connectivity index (χ1v) is 4.06. The van der Waals surface area contributed by atoms with Crippen LogP contribution >= 0.6 is 0 Å². The Bertz CT molecular complexity index is 183. The maximum Gasteiger partial charge on any atom is 0.307 e. The fourth-order valence-electron chi connectivity index (χ4n) is 1.37. The van der Waals surface area contributed by atoms with E-state index in [2.05, 4.69) is 4.74 Å². The highest BCUT2D eigenvalue weighted by Gasteiger charge is 2.39. The van der Waals surface area contributed by atoms with Crippen LogP contribution in [0.15, 0.2) is 0 Å². The van der Waals surface area contributed by atoms with Gasteiger partial charge < -0.3 is 15.2 Å². The zero-order valence-corrected chi connectivity index (χ0v) is 7.50. The molecule has 1 saturated heterocycles. The molecule has 0 aromatic carbocycles. The maximum atomic E-state index is 11.0. The van der Waals surface area contributed by atoms with Crippen molar-refractivity contribution in [2.24, 2.45) is 5.73 Å². The summed E-state index contributed by atoms with van der Waals surface area (Å²) in [5.74, 6) is -0.269. The van der Waals surface area contributed by atoms with E-state index >= 15 is 0 Å². The van der Waals surface area contributed by atoms with E-state index in [1.807, 2.05) is 6.92 Å². The van der Waals surface area contributed by atoms with Gasteiger partial charge in [-0.2, -0.15) is 0 Å². The molecule has 0 bridgehead atoms. The largest absolute Gasteiger partial charge is 0.469 e. The van der Waals surface area contributed by atoms with Crippen molar-refractivity contribution in [2.75, 3.05) is 13.7 Å². The Morgan fingerprint density at radius 1 is 1.83 bits per heavy atom. The molecule has 0 aromatic heterocycles. The van der Waals surface area contributed by atoms with Crippen molar-refractivity contribution in [1.82, 2.24) is 0 Å². The van der Waals surface area contributed by atoms with Crippen LogP contribution in [-0.4, -0.2) is 31.3 Å². The van der Waals surface area contributed by atoms with Gasteiger partial charge in [0, 0.05) is 6.61 Å². The Hall–Kier alpha value is -0.610. The summed E-state index contributed by atoms with van der Waals surface area (Å²) in [5, 5.41) is 0. The topological polar surface area (TPSA) is 61.5 Å². The minimum absolute atomic E-state index is 0.0587. The van der Waals surface area contributed by atoms with Crippen LogP contribution < -0.4 is 5.73 Å². The lowest BCUT2D eigenvalue weighted by Gasteiger charge is -2.25. The van der Waals surface area contributed by atoms with Crippen LogP contribution in [-0.2, 0) is 14.3 Å². The summed E-state index contributed by atoms with van der Waals surface area (Å²) >= 11 is 0. The van der Waals surface area contributed by atoms with Gasteiger partial charge in [-0.25, -0.2) is 0 Å². The third-order valence-electron chi connectivity index (χ3n) is 2.45. The number of methoxy groups -OCH3 is 1. The Morgan fingerprint density at radius 2 is 2.50 bits per heavy atom. The maximum absolute atomic E-state index is 11.0. The van der Waals surface area contributed by atoms with Crippen LogP contribution in [0.4, 0.5) is 0 Å². The normalized spacial score (nSPS) is 35.1. The van der Waals surface area contributed by atoms with Gasteiger partial charge in [-0.1, -0.05) is 0 Å². The van der Waals surface area contributed by atoms with E-state index in [-0.39, 0.29) is 18.5 Å². The first-order valence-electron chi connectivity index (χ1n) is 4.06. The molecule has 0 aliphatic carbocycles. The number of esters is 1. The number of rotatable bonds is 2. The molecule has 0 saturated carbocycles. The molecule has 70 valence electrons. The lowest BCUT2D eigenvalue weighted by molar-refractivity contribution is -0.142. The average Bonchev–Trinajstić information content (AvgIpc) is 2.32. The van der Waals surface area contributed by atoms with Gasteiger partial charge >= 0.3 is 5.97 Å². The molecule has 1 rings (SSSR count). The summed E-state index contributed by atoms with van der Waals surface area (Å²) in [6, 6.07) is 0. The van der Waals surface area contributed by atoms with E-state index in [0.29, 0.717) is 6.61 Å². The highest BCUT2D eigenvalue weighted by atomic mass is 16.5. The molecule has 2 N–H and O–H groups in total. The second-order valence-corrected chi connectivity index (χ2v) is 3.25. The van der Waals surface area contributed by atoms with Gasteiger partial charge in [0.05, 0.1) is 25.2 Å². The minimum Gasteiger partial charge on any atom is -0.469 e. The van der Waals surface area contributed by atoms with Gasteiger partial charge in [-0.3, -0.25) is 4.79 Å².